The first kappa shape index (κ1) is 22.6. The van der Waals surface area contributed by atoms with Gasteiger partial charge in [-0.3, -0.25) is 19.3 Å². The number of nitrogens with zero attached hydrogens (tertiary/aromatic N) is 4. The van der Waals surface area contributed by atoms with E-state index in [1.165, 1.54) is 19.3 Å². The number of hydrogen-bond donors (Lipinski definition) is 2. The Morgan fingerprint density at radius 2 is 1.97 bits per heavy atom. The number of amides is 2. The summed E-state index contributed by atoms with van der Waals surface area (Å²) >= 11 is 0. The zero-order valence-electron chi connectivity index (χ0n) is 17.9. The molecule has 1 saturated heterocycles. The summed E-state index contributed by atoms with van der Waals surface area (Å²) in [6, 6.07) is 4.24. The van der Waals surface area contributed by atoms with Gasteiger partial charge in [0.25, 0.3) is 11.8 Å². The quantitative estimate of drug-likeness (QED) is 0.556. The Morgan fingerprint density at radius 3 is 2.68 bits per heavy atom. The lowest BCUT2D eigenvalue weighted by Gasteiger charge is -2.25. The molecule has 2 amide bonds. The van der Waals surface area contributed by atoms with Gasteiger partial charge >= 0.3 is 0 Å². The number of Topliss-reactive ketones (excluding diaryl/α,β-unsaturated/α-hetero) is 1. The number of primary amides is 1. The lowest BCUT2D eigenvalue weighted by Crippen LogP contribution is -2.46. The highest BCUT2D eigenvalue weighted by Gasteiger charge is 2.26. The van der Waals surface area contributed by atoms with E-state index in [-0.39, 0.29) is 5.56 Å². The fraction of sp³-hybridized carbons (Fsp3) is 0.500. The normalized spacial score (nSPS) is 15.4. The molecule has 0 aromatic carbocycles. The zero-order chi connectivity index (χ0) is 22.2. The van der Waals surface area contributed by atoms with E-state index in [1.807, 2.05) is 13.0 Å². The monoisotopic (exact) mass is 426 g/mol. The Balaban J connectivity index is 1.77. The van der Waals surface area contributed by atoms with Crippen molar-refractivity contribution in [1.82, 2.24) is 25.0 Å². The second-order valence-electron chi connectivity index (χ2n) is 7.86. The highest BCUT2D eigenvalue weighted by molar-refractivity contribution is 6.38. The van der Waals surface area contributed by atoms with Gasteiger partial charge in [0.2, 0.25) is 5.78 Å². The number of ketones is 1. The summed E-state index contributed by atoms with van der Waals surface area (Å²) in [6.45, 7) is 4.86. The van der Waals surface area contributed by atoms with Crippen molar-refractivity contribution in [3.63, 3.8) is 0 Å². The zero-order valence-corrected chi connectivity index (χ0v) is 17.9. The van der Waals surface area contributed by atoms with Crippen molar-refractivity contribution in [2.45, 2.75) is 58.0 Å². The first-order valence-corrected chi connectivity index (χ1v) is 10.9. The molecule has 0 saturated carbocycles. The SMILES string of the molecule is CCCCC(NC(=O)c1cccnc1-n1ccc(CN2CCCCC2)n1)C(=O)C(N)=O. The van der Waals surface area contributed by atoms with Crippen molar-refractivity contribution in [3.8, 4) is 5.82 Å². The number of pyridine rings is 1. The molecule has 2 aromatic rings. The lowest BCUT2D eigenvalue weighted by molar-refractivity contribution is -0.137. The van der Waals surface area contributed by atoms with E-state index < -0.39 is 23.6 Å². The highest BCUT2D eigenvalue weighted by Crippen LogP contribution is 2.15. The van der Waals surface area contributed by atoms with E-state index in [9.17, 15) is 14.4 Å². The largest absolute Gasteiger partial charge is 0.363 e. The molecule has 9 nitrogen and oxygen atoms in total. The van der Waals surface area contributed by atoms with Gasteiger partial charge in [-0.2, -0.15) is 5.10 Å². The summed E-state index contributed by atoms with van der Waals surface area (Å²) in [5.74, 6) is -1.98. The minimum atomic E-state index is -1.05. The van der Waals surface area contributed by atoms with Crippen LogP contribution in [0, 0.1) is 0 Å². The topological polar surface area (TPSA) is 123 Å². The molecule has 0 spiro atoms. The molecule has 166 valence electrons. The van der Waals surface area contributed by atoms with Crippen LogP contribution in [0.5, 0.6) is 0 Å². The number of nitrogens with two attached hydrogens (primary N) is 1. The second kappa shape index (κ2) is 10.8. The molecule has 0 bridgehead atoms. The Labute approximate surface area is 182 Å². The molecule has 1 fully saturated rings. The third-order valence-corrected chi connectivity index (χ3v) is 5.44. The van der Waals surface area contributed by atoms with E-state index in [0.29, 0.717) is 18.7 Å². The number of likely N-dealkylation sites (tertiary alicyclic amines) is 1. The smallest absolute Gasteiger partial charge is 0.287 e. The molecule has 3 N–H and O–H groups in total. The summed E-state index contributed by atoms with van der Waals surface area (Å²) < 4.78 is 1.57. The van der Waals surface area contributed by atoms with Crippen LogP contribution in [0.3, 0.4) is 0 Å². The summed E-state index contributed by atoms with van der Waals surface area (Å²) in [5.41, 5.74) is 6.33. The predicted octanol–water partition coefficient (Wildman–Crippen LogP) is 1.60. The average Bonchev–Trinajstić information content (AvgIpc) is 3.25. The molecule has 2 aromatic heterocycles. The third-order valence-electron chi connectivity index (χ3n) is 5.44. The average molecular weight is 427 g/mol. The van der Waals surface area contributed by atoms with E-state index in [2.05, 4.69) is 20.3 Å². The lowest BCUT2D eigenvalue weighted by atomic mass is 10.0. The molecular formula is C22H30N6O3. The maximum Gasteiger partial charge on any atom is 0.287 e. The van der Waals surface area contributed by atoms with Gasteiger partial charge in [-0.1, -0.05) is 26.2 Å². The van der Waals surface area contributed by atoms with Crippen LogP contribution in [0.2, 0.25) is 0 Å². The summed E-state index contributed by atoms with van der Waals surface area (Å²) in [6.07, 6.45) is 8.90. The minimum absolute atomic E-state index is 0.272. The van der Waals surface area contributed by atoms with Crippen molar-refractivity contribution in [2.24, 2.45) is 5.73 Å². The first-order valence-electron chi connectivity index (χ1n) is 10.9. The van der Waals surface area contributed by atoms with Crippen LogP contribution in [-0.2, 0) is 16.1 Å². The molecule has 3 rings (SSSR count). The molecule has 0 radical (unpaired) electrons. The minimum Gasteiger partial charge on any atom is -0.363 e. The fourth-order valence-corrected chi connectivity index (χ4v) is 3.75. The van der Waals surface area contributed by atoms with E-state index in [0.717, 1.165) is 31.7 Å². The van der Waals surface area contributed by atoms with Crippen LogP contribution < -0.4 is 11.1 Å². The molecule has 31 heavy (non-hydrogen) atoms. The second-order valence-corrected chi connectivity index (χ2v) is 7.86. The molecule has 1 atom stereocenters. The van der Waals surface area contributed by atoms with Crippen LogP contribution in [-0.4, -0.2) is 56.4 Å². The molecule has 1 aliphatic rings. The number of rotatable bonds is 10. The van der Waals surface area contributed by atoms with Gasteiger partial charge in [-0.05, 0) is 50.6 Å². The molecule has 1 aliphatic heterocycles. The van der Waals surface area contributed by atoms with Gasteiger partial charge in [0.1, 0.15) is 0 Å². The van der Waals surface area contributed by atoms with Crippen LogP contribution >= 0.6 is 0 Å². The van der Waals surface area contributed by atoms with Gasteiger partial charge in [-0.15, -0.1) is 0 Å². The van der Waals surface area contributed by atoms with E-state index in [1.54, 1.807) is 29.2 Å². The van der Waals surface area contributed by atoms with Crippen LogP contribution in [0.25, 0.3) is 5.82 Å². The number of unbranched alkanes of at least 4 members (excludes halogenated alkanes) is 1. The maximum absolute atomic E-state index is 13.0. The third kappa shape index (κ3) is 5.97. The highest BCUT2D eigenvalue weighted by atomic mass is 16.2. The Hall–Kier alpha value is -3.07. The van der Waals surface area contributed by atoms with Crippen molar-refractivity contribution < 1.29 is 14.4 Å². The van der Waals surface area contributed by atoms with Gasteiger partial charge in [0.15, 0.2) is 5.82 Å². The van der Waals surface area contributed by atoms with E-state index >= 15 is 0 Å². The van der Waals surface area contributed by atoms with E-state index in [4.69, 9.17) is 5.73 Å². The molecule has 1 unspecified atom stereocenters. The summed E-state index contributed by atoms with van der Waals surface area (Å²) in [4.78, 5) is 43.2. The van der Waals surface area contributed by atoms with Crippen molar-refractivity contribution in [1.29, 1.82) is 0 Å². The molecule has 9 heteroatoms. The Kier molecular flexibility index (Phi) is 7.88. The number of carbonyl (C=O) groups is 3. The predicted molar refractivity (Wildman–Crippen MR) is 115 cm³/mol. The summed E-state index contributed by atoms with van der Waals surface area (Å²) in [5, 5.41) is 7.25. The summed E-state index contributed by atoms with van der Waals surface area (Å²) in [7, 11) is 0. The standard InChI is InChI=1S/C22H30N6O3/c1-2-3-9-18(19(29)20(23)30)25-22(31)17-8-7-11-24-21(17)28-14-10-16(26-28)15-27-12-5-4-6-13-27/h7-8,10-11,14,18H,2-6,9,12-13,15H2,1H3,(H2,23,30)(H,25,31). The number of aromatic nitrogens is 3. The van der Waals surface area contributed by atoms with Crippen LogP contribution in [0.15, 0.2) is 30.6 Å². The number of carbonyl (C=O) groups excluding carboxylic acids is 3. The van der Waals surface area contributed by atoms with Crippen LogP contribution in [0.4, 0.5) is 0 Å². The Morgan fingerprint density at radius 1 is 1.19 bits per heavy atom. The van der Waals surface area contributed by atoms with Crippen LogP contribution in [0.1, 0.15) is 61.5 Å². The van der Waals surface area contributed by atoms with Crippen molar-refractivity contribution in [2.75, 3.05) is 13.1 Å². The van der Waals surface area contributed by atoms with Gasteiger partial charge in [0, 0.05) is 18.9 Å². The molecule has 3 heterocycles. The van der Waals surface area contributed by atoms with Gasteiger partial charge < -0.3 is 11.1 Å². The molecule has 0 aliphatic carbocycles. The Bertz CT molecular complexity index is 919. The number of nitrogens with one attached hydrogen (secondary N) is 1. The first-order chi connectivity index (χ1) is 15.0. The van der Waals surface area contributed by atoms with Gasteiger partial charge in [-0.25, -0.2) is 9.67 Å². The fourth-order valence-electron chi connectivity index (χ4n) is 3.75. The number of hydrogen-bond acceptors (Lipinski definition) is 6. The van der Waals surface area contributed by atoms with Crippen molar-refractivity contribution in [3.05, 3.63) is 41.9 Å². The van der Waals surface area contributed by atoms with Gasteiger partial charge in [0.05, 0.1) is 17.3 Å². The number of piperidine rings is 1. The van der Waals surface area contributed by atoms with Crippen molar-refractivity contribution >= 4 is 17.6 Å². The maximum atomic E-state index is 13.0. The molecular weight excluding hydrogens is 396 g/mol.